The van der Waals surface area contributed by atoms with E-state index in [1.54, 1.807) is 43.3 Å². The molecule has 4 rings (SSSR count). The lowest BCUT2D eigenvalue weighted by molar-refractivity contribution is -0.384. The van der Waals surface area contributed by atoms with Gasteiger partial charge in [0.05, 0.1) is 26.6 Å². The molecular weight excluding hydrogens is 454 g/mol. The Hall–Kier alpha value is -4.11. The molecule has 0 aliphatic carbocycles. The average Bonchev–Trinajstić information content (AvgIpc) is 3.26. The van der Waals surface area contributed by atoms with E-state index in [9.17, 15) is 19.7 Å². The number of amides is 1. The van der Waals surface area contributed by atoms with Crippen LogP contribution < -0.4 is 5.32 Å². The third-order valence-electron chi connectivity index (χ3n) is 5.08. The first kappa shape index (κ1) is 23.1. The van der Waals surface area contributed by atoms with Crippen LogP contribution in [-0.2, 0) is 20.7 Å². The van der Waals surface area contributed by atoms with E-state index in [2.05, 4.69) is 10.3 Å². The molecule has 0 saturated carbocycles. The van der Waals surface area contributed by atoms with Gasteiger partial charge in [-0.1, -0.05) is 48.5 Å². The van der Waals surface area contributed by atoms with Crippen molar-refractivity contribution in [2.45, 2.75) is 25.9 Å². The van der Waals surface area contributed by atoms with Gasteiger partial charge in [-0.3, -0.25) is 19.7 Å². The molecule has 4 aromatic rings. The number of esters is 1. The van der Waals surface area contributed by atoms with Gasteiger partial charge in [0, 0.05) is 18.1 Å². The molecule has 9 heteroatoms. The zero-order valence-electron chi connectivity index (χ0n) is 18.3. The van der Waals surface area contributed by atoms with Crippen LogP contribution in [0.5, 0.6) is 0 Å². The molecular formula is C25H21N3O5S. The number of nitrogens with one attached hydrogen (secondary N) is 1. The number of para-hydroxylation sites is 1. The maximum atomic E-state index is 13.1. The monoisotopic (exact) mass is 475 g/mol. The predicted molar refractivity (Wildman–Crippen MR) is 130 cm³/mol. The minimum atomic E-state index is -1.26. The maximum Gasteiger partial charge on any atom is 0.307 e. The van der Waals surface area contributed by atoms with Crippen LogP contribution in [0.3, 0.4) is 0 Å². The van der Waals surface area contributed by atoms with E-state index in [1.165, 1.54) is 23.5 Å². The van der Waals surface area contributed by atoms with Crippen LogP contribution in [0.1, 0.15) is 28.7 Å². The minimum absolute atomic E-state index is 0.0343. The molecule has 1 atom stereocenters. The molecule has 0 radical (unpaired) electrons. The second-order valence-electron chi connectivity index (χ2n) is 7.62. The van der Waals surface area contributed by atoms with E-state index in [1.807, 2.05) is 24.3 Å². The second-order valence-corrected chi connectivity index (χ2v) is 8.74. The number of fused-ring (bicyclic) bond motifs is 1. The van der Waals surface area contributed by atoms with Crippen molar-refractivity contribution in [3.05, 3.63) is 99.0 Å². The third kappa shape index (κ3) is 5.44. The number of rotatable bonds is 8. The topological polar surface area (TPSA) is 111 Å². The fourth-order valence-electron chi connectivity index (χ4n) is 3.42. The molecule has 34 heavy (non-hydrogen) atoms. The first-order chi connectivity index (χ1) is 16.4. The molecule has 1 heterocycles. The number of ether oxygens (including phenoxy) is 1. The summed E-state index contributed by atoms with van der Waals surface area (Å²) in [5.74, 6) is -1.24. The normalized spacial score (nSPS) is 11.7. The second kappa shape index (κ2) is 10.2. The number of nitro benzene ring substituents is 1. The van der Waals surface area contributed by atoms with Crippen molar-refractivity contribution in [3.63, 3.8) is 0 Å². The number of carbonyl (C=O) groups is 2. The van der Waals surface area contributed by atoms with Crippen molar-refractivity contribution in [1.29, 1.82) is 0 Å². The molecule has 1 aromatic heterocycles. The molecule has 0 unspecified atom stereocenters. The first-order valence-electron chi connectivity index (χ1n) is 10.6. The number of anilines is 1. The lowest BCUT2D eigenvalue weighted by atomic mass is 10.1. The number of benzene rings is 3. The zero-order chi connectivity index (χ0) is 24.1. The summed E-state index contributed by atoms with van der Waals surface area (Å²) in [6, 6.07) is 20.7. The van der Waals surface area contributed by atoms with Crippen LogP contribution in [0.15, 0.2) is 72.8 Å². The van der Waals surface area contributed by atoms with Crippen molar-refractivity contribution in [3.8, 4) is 0 Å². The van der Waals surface area contributed by atoms with Crippen LogP contribution in [-0.4, -0.2) is 21.8 Å². The number of aryl methyl sites for hydroxylation is 2. The molecule has 0 aliphatic rings. The summed E-state index contributed by atoms with van der Waals surface area (Å²) >= 11 is 1.51. The van der Waals surface area contributed by atoms with E-state index < -0.39 is 22.9 Å². The van der Waals surface area contributed by atoms with Crippen LogP contribution in [0.4, 0.5) is 11.4 Å². The third-order valence-corrected chi connectivity index (χ3v) is 6.17. The van der Waals surface area contributed by atoms with Gasteiger partial charge in [-0.15, -0.1) is 11.3 Å². The van der Waals surface area contributed by atoms with Crippen molar-refractivity contribution < 1.29 is 19.2 Å². The summed E-state index contributed by atoms with van der Waals surface area (Å²) in [6.07, 6.45) is -0.837. The largest absolute Gasteiger partial charge is 0.447 e. The molecule has 172 valence electrons. The predicted octanol–water partition coefficient (Wildman–Crippen LogP) is 5.37. The molecule has 3 aromatic carbocycles. The van der Waals surface area contributed by atoms with Gasteiger partial charge in [0.1, 0.15) is 5.69 Å². The van der Waals surface area contributed by atoms with E-state index >= 15 is 0 Å². The van der Waals surface area contributed by atoms with Crippen molar-refractivity contribution in [1.82, 2.24) is 4.98 Å². The lowest BCUT2D eigenvalue weighted by Crippen LogP contribution is -2.26. The van der Waals surface area contributed by atoms with Crippen molar-refractivity contribution in [2.75, 3.05) is 5.32 Å². The summed E-state index contributed by atoms with van der Waals surface area (Å²) < 4.78 is 6.58. The van der Waals surface area contributed by atoms with E-state index in [0.717, 1.165) is 15.2 Å². The highest BCUT2D eigenvalue weighted by Gasteiger charge is 2.27. The smallest absolute Gasteiger partial charge is 0.307 e. The van der Waals surface area contributed by atoms with Gasteiger partial charge < -0.3 is 10.1 Å². The van der Waals surface area contributed by atoms with Crippen molar-refractivity contribution >= 4 is 44.8 Å². The molecule has 0 bridgehead atoms. The van der Waals surface area contributed by atoms with Gasteiger partial charge in [-0.05, 0) is 30.7 Å². The Morgan fingerprint density at radius 3 is 2.56 bits per heavy atom. The lowest BCUT2D eigenvalue weighted by Gasteiger charge is -2.18. The van der Waals surface area contributed by atoms with Crippen LogP contribution >= 0.6 is 11.3 Å². The molecule has 0 saturated heterocycles. The summed E-state index contributed by atoms with van der Waals surface area (Å²) in [7, 11) is 0. The van der Waals surface area contributed by atoms with Gasteiger partial charge in [0.15, 0.2) is 0 Å². The molecule has 1 N–H and O–H groups in total. The number of aromatic nitrogens is 1. The van der Waals surface area contributed by atoms with Crippen LogP contribution in [0.2, 0.25) is 0 Å². The van der Waals surface area contributed by atoms with E-state index in [0.29, 0.717) is 17.5 Å². The van der Waals surface area contributed by atoms with Gasteiger partial charge in [-0.2, -0.15) is 0 Å². The molecule has 0 aliphatic heterocycles. The Morgan fingerprint density at radius 2 is 1.82 bits per heavy atom. The minimum Gasteiger partial charge on any atom is -0.447 e. The quantitative estimate of drug-likeness (QED) is 0.208. The Morgan fingerprint density at radius 1 is 1.09 bits per heavy atom. The van der Waals surface area contributed by atoms with E-state index in [-0.39, 0.29) is 17.8 Å². The standard InChI is InChI=1S/C25H21N3O5S/c1-16-11-12-18(20(15-16)28(31)32)27-25(30)24(17-7-3-2-4-8-17)33-23(29)14-13-22-26-19-9-5-6-10-21(19)34-22/h2-12,15,24H,13-14H2,1H3,(H,27,30)/t24-/m1/s1. The highest BCUT2D eigenvalue weighted by Crippen LogP contribution is 2.28. The number of thiazole rings is 1. The fourth-order valence-corrected chi connectivity index (χ4v) is 4.39. The zero-order valence-corrected chi connectivity index (χ0v) is 19.1. The molecule has 0 spiro atoms. The van der Waals surface area contributed by atoms with Crippen molar-refractivity contribution in [2.24, 2.45) is 0 Å². The van der Waals surface area contributed by atoms with Gasteiger partial charge in [0.2, 0.25) is 6.10 Å². The summed E-state index contributed by atoms with van der Waals surface area (Å²) in [6.45, 7) is 1.72. The molecule has 0 fully saturated rings. The van der Waals surface area contributed by atoms with Gasteiger partial charge >= 0.3 is 5.97 Å². The van der Waals surface area contributed by atoms with E-state index in [4.69, 9.17) is 4.74 Å². The number of nitro groups is 1. The first-order valence-corrected chi connectivity index (χ1v) is 11.4. The maximum absolute atomic E-state index is 13.1. The molecule has 1 amide bonds. The fraction of sp³-hybridized carbons (Fsp3) is 0.160. The Bertz CT molecular complexity index is 1320. The highest BCUT2D eigenvalue weighted by atomic mass is 32.1. The average molecular weight is 476 g/mol. The Kier molecular flexibility index (Phi) is 6.93. The van der Waals surface area contributed by atoms with Crippen LogP contribution in [0, 0.1) is 17.0 Å². The Labute approximate surface area is 199 Å². The number of hydrogen-bond acceptors (Lipinski definition) is 7. The summed E-state index contributed by atoms with van der Waals surface area (Å²) in [5.41, 5.74) is 1.82. The SMILES string of the molecule is Cc1ccc(NC(=O)[C@H](OC(=O)CCc2nc3ccccc3s2)c2ccccc2)c([N+](=O)[O-])c1. The summed E-state index contributed by atoms with van der Waals surface area (Å²) in [5, 5.41) is 14.8. The Balaban J connectivity index is 1.49. The highest BCUT2D eigenvalue weighted by molar-refractivity contribution is 7.18. The summed E-state index contributed by atoms with van der Waals surface area (Å²) in [4.78, 5) is 41.1. The number of nitrogens with zero attached hydrogens (tertiary/aromatic N) is 2. The van der Waals surface area contributed by atoms with Gasteiger partial charge in [-0.25, -0.2) is 4.98 Å². The number of carbonyl (C=O) groups excluding carboxylic acids is 2. The van der Waals surface area contributed by atoms with Crippen LogP contribution in [0.25, 0.3) is 10.2 Å². The van der Waals surface area contributed by atoms with Gasteiger partial charge in [0.25, 0.3) is 11.6 Å². The molecule has 8 nitrogen and oxygen atoms in total. The number of hydrogen-bond donors (Lipinski definition) is 1.